The van der Waals surface area contributed by atoms with Gasteiger partial charge in [-0.05, 0) is 54.3 Å². The highest BCUT2D eigenvalue weighted by Gasteiger charge is 2.31. The number of nitrogens with one attached hydrogen (secondary N) is 1. The van der Waals surface area contributed by atoms with Crippen LogP contribution >= 0.6 is 23.4 Å². The molecule has 0 saturated heterocycles. The lowest BCUT2D eigenvalue weighted by atomic mass is 10.0. The van der Waals surface area contributed by atoms with Crippen molar-refractivity contribution >= 4 is 35.2 Å². The zero-order chi connectivity index (χ0) is 26.6. The predicted octanol–water partition coefficient (Wildman–Crippen LogP) is 6.14. The van der Waals surface area contributed by atoms with Gasteiger partial charge in [-0.25, -0.2) is 0 Å². The van der Waals surface area contributed by atoms with Crippen molar-refractivity contribution in [2.45, 2.75) is 51.1 Å². The van der Waals surface area contributed by atoms with Crippen LogP contribution < -0.4 is 10.1 Å². The number of hydrogen-bond donors (Lipinski definition) is 1. The van der Waals surface area contributed by atoms with Gasteiger partial charge in [0.15, 0.2) is 0 Å². The second kappa shape index (κ2) is 14.7. The maximum Gasteiger partial charge on any atom is 0.243 e. The predicted molar refractivity (Wildman–Crippen MR) is 153 cm³/mol. The highest BCUT2D eigenvalue weighted by Crippen LogP contribution is 2.21. The molecule has 0 bridgehead atoms. The molecule has 5 nitrogen and oxygen atoms in total. The number of benzene rings is 3. The Morgan fingerprint density at radius 2 is 1.68 bits per heavy atom. The van der Waals surface area contributed by atoms with Gasteiger partial charge in [0, 0.05) is 29.8 Å². The maximum atomic E-state index is 13.7. The second-order valence-electron chi connectivity index (χ2n) is 9.02. The molecule has 1 N–H and O–H groups in total. The molecule has 7 heteroatoms. The molecule has 37 heavy (non-hydrogen) atoms. The van der Waals surface area contributed by atoms with E-state index in [1.54, 1.807) is 12.0 Å². The molecule has 0 heterocycles. The molecule has 2 amide bonds. The van der Waals surface area contributed by atoms with E-state index in [9.17, 15) is 9.59 Å². The fraction of sp³-hybridized carbons (Fsp3) is 0.333. The van der Waals surface area contributed by atoms with E-state index in [4.69, 9.17) is 16.3 Å². The van der Waals surface area contributed by atoms with Crippen molar-refractivity contribution in [2.75, 3.05) is 12.9 Å². The van der Waals surface area contributed by atoms with Gasteiger partial charge in [-0.2, -0.15) is 0 Å². The van der Waals surface area contributed by atoms with Crippen LogP contribution in [0.25, 0.3) is 0 Å². The zero-order valence-corrected chi connectivity index (χ0v) is 23.2. The van der Waals surface area contributed by atoms with Gasteiger partial charge in [-0.15, -0.1) is 11.8 Å². The van der Waals surface area contributed by atoms with E-state index >= 15 is 0 Å². The lowest BCUT2D eigenvalue weighted by molar-refractivity contribution is -0.139. The quantitative estimate of drug-likeness (QED) is 0.284. The monoisotopic (exact) mass is 538 g/mol. The summed E-state index contributed by atoms with van der Waals surface area (Å²) in [5.41, 5.74) is 2.96. The van der Waals surface area contributed by atoms with Crippen molar-refractivity contribution in [3.8, 4) is 5.75 Å². The summed E-state index contributed by atoms with van der Waals surface area (Å²) < 4.78 is 5.39. The minimum Gasteiger partial charge on any atom is -0.497 e. The number of carbonyl (C=O) groups is 2. The van der Waals surface area contributed by atoms with Crippen LogP contribution in [0.1, 0.15) is 37.0 Å². The lowest BCUT2D eigenvalue weighted by Crippen LogP contribution is -2.52. The molecule has 3 aromatic carbocycles. The number of ether oxygens (including phenoxy) is 1. The van der Waals surface area contributed by atoms with E-state index < -0.39 is 6.04 Å². The van der Waals surface area contributed by atoms with E-state index in [0.717, 1.165) is 23.1 Å². The second-order valence-corrected chi connectivity index (χ2v) is 10.4. The van der Waals surface area contributed by atoms with Gasteiger partial charge in [-0.3, -0.25) is 9.59 Å². The highest BCUT2D eigenvalue weighted by molar-refractivity contribution is 7.99. The summed E-state index contributed by atoms with van der Waals surface area (Å²) in [4.78, 5) is 29.0. The van der Waals surface area contributed by atoms with Gasteiger partial charge < -0.3 is 15.0 Å². The Labute approximate surface area is 229 Å². The van der Waals surface area contributed by atoms with E-state index in [1.807, 2.05) is 92.7 Å². The van der Waals surface area contributed by atoms with Gasteiger partial charge in [0.25, 0.3) is 0 Å². The van der Waals surface area contributed by atoms with Crippen LogP contribution in [-0.4, -0.2) is 41.7 Å². The molecule has 0 unspecified atom stereocenters. The number of hydrogen-bond acceptors (Lipinski definition) is 4. The number of rotatable bonds is 13. The normalized spacial score (nSPS) is 12.4. The Bertz CT molecular complexity index is 1160. The molecule has 0 aromatic heterocycles. The first-order valence-electron chi connectivity index (χ1n) is 12.5. The summed E-state index contributed by atoms with van der Waals surface area (Å²) >= 11 is 7.64. The molecule has 3 rings (SSSR count). The van der Waals surface area contributed by atoms with Crippen molar-refractivity contribution in [3.63, 3.8) is 0 Å². The first kappa shape index (κ1) is 28.6. The molecule has 0 radical (unpaired) electrons. The number of methoxy groups -OCH3 is 1. The van der Waals surface area contributed by atoms with Crippen molar-refractivity contribution in [2.24, 2.45) is 0 Å². The van der Waals surface area contributed by atoms with Crippen molar-refractivity contribution in [1.82, 2.24) is 10.2 Å². The first-order valence-corrected chi connectivity index (χ1v) is 14.0. The topological polar surface area (TPSA) is 58.6 Å². The average Bonchev–Trinajstić information content (AvgIpc) is 2.91. The summed E-state index contributed by atoms with van der Waals surface area (Å²) in [6.07, 6.45) is 1.24. The summed E-state index contributed by atoms with van der Waals surface area (Å²) in [5.74, 6) is 1.38. The largest absolute Gasteiger partial charge is 0.497 e. The average molecular weight is 539 g/mol. The lowest BCUT2D eigenvalue weighted by Gasteiger charge is -2.32. The molecule has 0 aliphatic carbocycles. The van der Waals surface area contributed by atoms with Crippen LogP contribution in [0.2, 0.25) is 5.02 Å². The van der Waals surface area contributed by atoms with Gasteiger partial charge in [0.1, 0.15) is 11.8 Å². The zero-order valence-electron chi connectivity index (χ0n) is 21.7. The molecule has 3 aromatic rings. The number of halogens is 1. The van der Waals surface area contributed by atoms with E-state index in [-0.39, 0.29) is 23.6 Å². The molecule has 0 spiro atoms. The smallest absolute Gasteiger partial charge is 0.243 e. The Balaban J connectivity index is 1.87. The number of thioether (sulfide) groups is 1. The van der Waals surface area contributed by atoms with E-state index in [2.05, 4.69) is 5.32 Å². The highest BCUT2D eigenvalue weighted by atomic mass is 35.5. The van der Waals surface area contributed by atoms with Crippen LogP contribution in [0.15, 0.2) is 78.9 Å². The van der Waals surface area contributed by atoms with E-state index in [0.29, 0.717) is 29.5 Å². The van der Waals surface area contributed by atoms with Crippen molar-refractivity contribution in [3.05, 3.63) is 101 Å². The van der Waals surface area contributed by atoms with Crippen molar-refractivity contribution in [1.29, 1.82) is 0 Å². The van der Waals surface area contributed by atoms with Gasteiger partial charge >= 0.3 is 0 Å². The third-order valence-electron chi connectivity index (χ3n) is 6.14. The van der Waals surface area contributed by atoms with Crippen LogP contribution in [0.4, 0.5) is 0 Å². The molecule has 0 aliphatic rings. The van der Waals surface area contributed by atoms with Crippen molar-refractivity contribution < 1.29 is 14.3 Å². The summed E-state index contributed by atoms with van der Waals surface area (Å²) in [6.45, 7) is 4.31. The molecule has 2 atom stereocenters. The Morgan fingerprint density at radius 1 is 0.973 bits per heavy atom. The van der Waals surface area contributed by atoms with Crippen LogP contribution in [-0.2, 0) is 28.3 Å². The summed E-state index contributed by atoms with van der Waals surface area (Å²) in [5, 5.41) is 3.78. The standard InChI is InChI=1S/C30H35ClN2O3S/c1-4-22(2)32-30(35)28(18-23-10-6-5-7-11-23)33(19-24-12-9-15-27(17-24)36-3)29(34)21-37-20-25-13-8-14-26(31)16-25/h5-17,22,28H,4,18-21H2,1-3H3,(H,32,35)/t22-,28-/m1/s1. The number of nitrogens with zero attached hydrogens (tertiary/aromatic N) is 1. The fourth-order valence-corrected chi connectivity index (χ4v) is 5.00. The molecule has 0 fully saturated rings. The van der Waals surface area contributed by atoms with Gasteiger partial charge in [0.05, 0.1) is 12.9 Å². The Morgan fingerprint density at radius 3 is 2.38 bits per heavy atom. The van der Waals surface area contributed by atoms with Crippen LogP contribution in [0, 0.1) is 0 Å². The van der Waals surface area contributed by atoms with Gasteiger partial charge in [0.2, 0.25) is 11.8 Å². The van der Waals surface area contributed by atoms with Gasteiger partial charge in [-0.1, -0.05) is 73.1 Å². The molecule has 0 aliphatic heterocycles. The minimum absolute atomic E-state index is 0.0109. The SMILES string of the molecule is CC[C@@H](C)NC(=O)[C@@H](Cc1ccccc1)N(Cc1cccc(OC)c1)C(=O)CSCc1cccc(Cl)c1. The summed E-state index contributed by atoms with van der Waals surface area (Å²) in [7, 11) is 1.62. The van der Waals surface area contributed by atoms with E-state index in [1.165, 1.54) is 11.8 Å². The number of amides is 2. The third-order valence-corrected chi connectivity index (χ3v) is 7.37. The fourth-order valence-electron chi connectivity index (χ4n) is 3.93. The van der Waals surface area contributed by atoms with Crippen LogP contribution in [0.3, 0.4) is 0 Å². The third kappa shape index (κ3) is 9.13. The Kier molecular flexibility index (Phi) is 11.4. The first-order chi connectivity index (χ1) is 17.9. The Hall–Kier alpha value is -2.96. The molecular formula is C30H35ClN2O3S. The summed E-state index contributed by atoms with van der Waals surface area (Å²) in [6, 6.07) is 24.5. The molecule has 196 valence electrons. The molecular weight excluding hydrogens is 504 g/mol. The molecule has 0 saturated carbocycles. The number of carbonyl (C=O) groups excluding carboxylic acids is 2. The minimum atomic E-state index is -0.651. The van der Waals surface area contributed by atoms with Crippen LogP contribution in [0.5, 0.6) is 5.75 Å². The maximum absolute atomic E-state index is 13.7.